The van der Waals surface area contributed by atoms with E-state index < -0.39 is 11.6 Å². The number of aryl methyl sites for hydroxylation is 2. The largest absolute Gasteiger partial charge is 0.390 e. The summed E-state index contributed by atoms with van der Waals surface area (Å²) >= 11 is 0. The molecule has 3 aromatic carbocycles. The van der Waals surface area contributed by atoms with Crippen molar-refractivity contribution in [3.63, 3.8) is 0 Å². The molecule has 2 atom stereocenters. The molecule has 0 amide bonds. The molecule has 5 heteroatoms. The van der Waals surface area contributed by atoms with Gasteiger partial charge in [-0.15, -0.1) is 0 Å². The van der Waals surface area contributed by atoms with Gasteiger partial charge in [-0.2, -0.15) is 0 Å². The van der Waals surface area contributed by atoms with E-state index in [-0.39, 0.29) is 5.92 Å². The number of rotatable bonds is 2. The van der Waals surface area contributed by atoms with E-state index in [4.69, 9.17) is 4.74 Å². The maximum atomic E-state index is 11.3. The topological polar surface area (TPSA) is 60.5 Å². The molecule has 1 saturated heterocycles. The van der Waals surface area contributed by atoms with Crippen molar-refractivity contribution in [1.29, 1.82) is 0 Å². The minimum absolute atomic E-state index is 0.0801. The second-order valence-electron chi connectivity index (χ2n) is 11.6. The summed E-state index contributed by atoms with van der Waals surface area (Å²) in [6.45, 7) is 13.8. The fourth-order valence-electron chi connectivity index (χ4n) is 6.25. The second kappa shape index (κ2) is 9.79. The van der Waals surface area contributed by atoms with E-state index in [1.165, 1.54) is 16.6 Å². The molecule has 0 aliphatic carbocycles. The maximum absolute atomic E-state index is 11.3. The van der Waals surface area contributed by atoms with Crippen molar-refractivity contribution >= 4 is 22.3 Å². The number of aromatic amines is 1. The predicted molar refractivity (Wildman–Crippen MR) is 161 cm³/mol. The third kappa shape index (κ3) is 4.48. The summed E-state index contributed by atoms with van der Waals surface area (Å²) in [6.07, 6.45) is 1.52. The number of para-hydroxylation sites is 1. The SMILES string of the molecule is Cc1cc(-c2cccc3c(C)c[nH]c23)c(C#Cc2cccc(N3CCOCC3)c2)c2c1NC(C)(C)C(O)C2C. The first-order valence-electron chi connectivity index (χ1n) is 13.9. The number of H-pyrrole nitrogens is 1. The summed E-state index contributed by atoms with van der Waals surface area (Å²) in [5.41, 5.74) is 10.6. The molecule has 0 spiro atoms. The molecular weight excluding hydrogens is 482 g/mol. The summed E-state index contributed by atoms with van der Waals surface area (Å²) in [5.74, 6) is 7.03. The van der Waals surface area contributed by atoms with Gasteiger partial charge >= 0.3 is 0 Å². The minimum atomic E-state index is -0.548. The number of hydrogen-bond acceptors (Lipinski definition) is 4. The van der Waals surface area contributed by atoms with Crippen LogP contribution in [0.2, 0.25) is 0 Å². The van der Waals surface area contributed by atoms with Gasteiger partial charge in [0.25, 0.3) is 0 Å². The Hall–Kier alpha value is -3.72. The van der Waals surface area contributed by atoms with Crippen LogP contribution in [0, 0.1) is 25.7 Å². The first-order valence-corrected chi connectivity index (χ1v) is 13.9. The number of nitrogens with zero attached hydrogens (tertiary/aromatic N) is 1. The zero-order valence-corrected chi connectivity index (χ0v) is 23.5. The number of aromatic nitrogens is 1. The van der Waals surface area contributed by atoms with Gasteiger partial charge in [-0.05, 0) is 68.7 Å². The number of hydrogen-bond donors (Lipinski definition) is 3. The number of morpholine rings is 1. The summed E-state index contributed by atoms with van der Waals surface area (Å²) < 4.78 is 5.54. The van der Waals surface area contributed by atoms with E-state index in [0.29, 0.717) is 0 Å². The lowest BCUT2D eigenvalue weighted by Gasteiger charge is -2.43. The first kappa shape index (κ1) is 25.6. The molecule has 0 saturated carbocycles. The molecule has 1 aromatic heterocycles. The molecule has 6 rings (SSSR count). The fourth-order valence-corrected chi connectivity index (χ4v) is 6.25. The molecule has 2 unspecified atom stereocenters. The van der Waals surface area contributed by atoms with Crippen molar-refractivity contribution in [2.45, 2.75) is 52.2 Å². The minimum Gasteiger partial charge on any atom is -0.390 e. The highest BCUT2D eigenvalue weighted by atomic mass is 16.5. The van der Waals surface area contributed by atoms with Crippen LogP contribution in [-0.2, 0) is 4.74 Å². The van der Waals surface area contributed by atoms with Crippen LogP contribution in [-0.4, -0.2) is 48.0 Å². The van der Waals surface area contributed by atoms with Crippen LogP contribution in [0.4, 0.5) is 11.4 Å². The molecule has 0 bridgehead atoms. The highest BCUT2D eigenvalue weighted by molar-refractivity contribution is 5.98. The number of ether oxygens (including phenoxy) is 1. The smallest absolute Gasteiger partial charge is 0.0831 e. The zero-order chi connectivity index (χ0) is 27.3. The lowest BCUT2D eigenvalue weighted by molar-refractivity contribution is 0.0868. The summed E-state index contributed by atoms with van der Waals surface area (Å²) in [7, 11) is 0. The highest BCUT2D eigenvalue weighted by Crippen LogP contribution is 2.46. The Balaban J connectivity index is 1.55. The van der Waals surface area contributed by atoms with Crippen molar-refractivity contribution in [3.05, 3.63) is 82.5 Å². The lowest BCUT2D eigenvalue weighted by atomic mass is 9.75. The van der Waals surface area contributed by atoms with Crippen LogP contribution in [0.3, 0.4) is 0 Å². The quantitative estimate of drug-likeness (QED) is 0.270. The molecule has 3 N–H and O–H groups in total. The van der Waals surface area contributed by atoms with E-state index in [0.717, 1.165) is 70.9 Å². The normalized spacial score (nSPS) is 20.2. The third-order valence-corrected chi connectivity index (χ3v) is 8.45. The molecule has 2 aliphatic heterocycles. The van der Waals surface area contributed by atoms with E-state index in [9.17, 15) is 5.11 Å². The van der Waals surface area contributed by atoms with Crippen molar-refractivity contribution in [2.75, 3.05) is 36.5 Å². The maximum Gasteiger partial charge on any atom is 0.0831 e. The van der Waals surface area contributed by atoms with Gasteiger partial charge in [0.05, 0.1) is 30.4 Å². The van der Waals surface area contributed by atoms with Crippen molar-refractivity contribution in [2.24, 2.45) is 0 Å². The fraction of sp³-hybridized carbons (Fsp3) is 0.353. The van der Waals surface area contributed by atoms with Gasteiger partial charge in [-0.3, -0.25) is 0 Å². The molecular formula is C34H37N3O2. The van der Waals surface area contributed by atoms with Crippen LogP contribution in [0.5, 0.6) is 0 Å². The molecule has 0 radical (unpaired) electrons. The Kier molecular flexibility index (Phi) is 6.41. The molecule has 2 aliphatic rings. The summed E-state index contributed by atoms with van der Waals surface area (Å²) in [5, 5.41) is 16.2. The number of anilines is 2. The molecule has 200 valence electrons. The van der Waals surface area contributed by atoms with Gasteiger partial charge in [0, 0.05) is 64.2 Å². The Labute approximate surface area is 231 Å². The van der Waals surface area contributed by atoms with Crippen molar-refractivity contribution in [3.8, 4) is 23.0 Å². The van der Waals surface area contributed by atoms with E-state index >= 15 is 0 Å². The third-order valence-electron chi connectivity index (χ3n) is 8.45. The van der Waals surface area contributed by atoms with E-state index in [1.54, 1.807) is 0 Å². The average Bonchev–Trinajstić information content (AvgIpc) is 3.33. The first-order chi connectivity index (χ1) is 18.7. The van der Waals surface area contributed by atoms with Crippen molar-refractivity contribution < 1.29 is 9.84 Å². The van der Waals surface area contributed by atoms with Crippen LogP contribution in [0.25, 0.3) is 22.0 Å². The average molecular weight is 520 g/mol. The molecule has 39 heavy (non-hydrogen) atoms. The monoisotopic (exact) mass is 519 g/mol. The van der Waals surface area contributed by atoms with Crippen LogP contribution >= 0.6 is 0 Å². The molecule has 5 nitrogen and oxygen atoms in total. The number of benzene rings is 3. The van der Waals surface area contributed by atoms with Gasteiger partial charge in [0.1, 0.15) is 0 Å². The van der Waals surface area contributed by atoms with Crippen LogP contribution in [0.15, 0.2) is 54.7 Å². The Morgan fingerprint density at radius 3 is 2.54 bits per heavy atom. The molecule has 3 heterocycles. The standard InChI is InChI=1S/C34H37N3O2/c1-21-18-29(28-11-7-10-26-22(2)20-35-32(26)28)27(30-23(3)33(38)34(4,5)36-31(21)30)13-12-24-8-6-9-25(19-24)37-14-16-39-17-15-37/h6-11,18-20,23,33,35-36,38H,14-17H2,1-5H3. The van der Waals surface area contributed by atoms with Gasteiger partial charge < -0.3 is 25.0 Å². The number of fused-ring (bicyclic) bond motifs is 2. The van der Waals surface area contributed by atoms with Crippen LogP contribution in [0.1, 0.15) is 54.5 Å². The molecule has 1 fully saturated rings. The van der Waals surface area contributed by atoms with E-state index in [2.05, 4.69) is 116 Å². The van der Waals surface area contributed by atoms with Gasteiger partial charge in [-0.1, -0.05) is 43.0 Å². The second-order valence-corrected chi connectivity index (χ2v) is 11.6. The van der Waals surface area contributed by atoms with Crippen LogP contribution < -0.4 is 10.2 Å². The Morgan fingerprint density at radius 2 is 1.74 bits per heavy atom. The summed E-state index contributed by atoms with van der Waals surface area (Å²) in [4.78, 5) is 5.86. The predicted octanol–water partition coefficient (Wildman–Crippen LogP) is 6.36. The Bertz CT molecular complexity index is 1610. The number of nitrogens with one attached hydrogen (secondary N) is 2. The number of aliphatic hydroxyl groups excluding tert-OH is 1. The summed E-state index contributed by atoms with van der Waals surface area (Å²) in [6, 6.07) is 17.2. The van der Waals surface area contributed by atoms with Gasteiger partial charge in [0.2, 0.25) is 0 Å². The Morgan fingerprint density at radius 1 is 0.974 bits per heavy atom. The van der Waals surface area contributed by atoms with Gasteiger partial charge in [-0.25, -0.2) is 0 Å². The number of aliphatic hydroxyl groups is 1. The zero-order valence-electron chi connectivity index (χ0n) is 23.5. The highest BCUT2D eigenvalue weighted by Gasteiger charge is 2.40. The molecule has 4 aromatic rings. The lowest BCUT2D eigenvalue weighted by Crippen LogP contribution is -2.50. The van der Waals surface area contributed by atoms with E-state index in [1.807, 2.05) is 0 Å². The van der Waals surface area contributed by atoms with Gasteiger partial charge in [0.15, 0.2) is 0 Å². The van der Waals surface area contributed by atoms with Crippen molar-refractivity contribution in [1.82, 2.24) is 4.98 Å².